The molecule has 9 nitrogen and oxygen atoms in total. The minimum Gasteiger partial charge on any atom is -0.497 e. The molecule has 0 aliphatic carbocycles. The lowest BCUT2D eigenvalue weighted by molar-refractivity contribution is 0.0219. The minimum absolute atomic E-state index is 0.00273. The van der Waals surface area contributed by atoms with Crippen molar-refractivity contribution in [2.24, 2.45) is 5.92 Å². The van der Waals surface area contributed by atoms with Crippen molar-refractivity contribution in [3.8, 4) is 5.75 Å². The van der Waals surface area contributed by atoms with Crippen LogP contribution in [0.25, 0.3) is 0 Å². The van der Waals surface area contributed by atoms with Gasteiger partial charge in [0.05, 0.1) is 12.9 Å². The van der Waals surface area contributed by atoms with Crippen molar-refractivity contribution < 1.29 is 21.6 Å². The zero-order chi connectivity index (χ0) is 22.9. The average Bonchev–Trinajstić information content (AvgIpc) is 2.79. The monoisotopic (exact) mass is 486 g/mol. The number of methoxy groups -OCH3 is 1. The number of nitrogens with one attached hydrogen (secondary N) is 2. The molecule has 2 N–H and O–H groups in total. The number of hydrogen-bond acceptors (Lipinski definition) is 6. The van der Waals surface area contributed by atoms with E-state index in [1.54, 1.807) is 11.4 Å². The second kappa shape index (κ2) is 9.55. The van der Waals surface area contributed by atoms with Crippen LogP contribution in [0.2, 0.25) is 0 Å². The third-order valence-corrected chi connectivity index (χ3v) is 10.2. The molecule has 3 aliphatic heterocycles. The Kier molecular flexibility index (Phi) is 7.14. The predicted octanol–water partition coefficient (Wildman–Crippen LogP) is 0.852. The molecule has 3 heterocycles. The molecule has 3 aliphatic rings. The number of benzene rings is 1. The predicted molar refractivity (Wildman–Crippen MR) is 123 cm³/mol. The highest BCUT2D eigenvalue weighted by Gasteiger charge is 2.45. The van der Waals surface area contributed by atoms with Crippen LogP contribution in [0.4, 0.5) is 0 Å². The summed E-state index contributed by atoms with van der Waals surface area (Å²) >= 11 is 0. The van der Waals surface area contributed by atoms with E-state index in [0.717, 1.165) is 44.5 Å². The molecular weight excluding hydrogens is 452 g/mol. The van der Waals surface area contributed by atoms with E-state index >= 15 is 0 Å². The summed E-state index contributed by atoms with van der Waals surface area (Å²) < 4.78 is 61.1. The van der Waals surface area contributed by atoms with Gasteiger partial charge in [0.25, 0.3) is 10.2 Å². The van der Waals surface area contributed by atoms with Crippen LogP contribution in [0, 0.1) is 5.92 Å². The van der Waals surface area contributed by atoms with Gasteiger partial charge in [-0.3, -0.25) is 4.90 Å². The summed E-state index contributed by atoms with van der Waals surface area (Å²) in [5, 5.41) is 0. The van der Waals surface area contributed by atoms with Crippen molar-refractivity contribution in [3.63, 3.8) is 0 Å². The maximum atomic E-state index is 13.2. The summed E-state index contributed by atoms with van der Waals surface area (Å²) in [6, 6.07) is 6.47. The molecule has 0 amide bonds. The van der Waals surface area contributed by atoms with E-state index in [2.05, 4.69) is 26.5 Å². The first kappa shape index (κ1) is 23.9. The molecule has 1 aromatic rings. The van der Waals surface area contributed by atoms with E-state index in [1.165, 1.54) is 18.2 Å². The van der Waals surface area contributed by atoms with Crippen LogP contribution in [0.1, 0.15) is 42.9 Å². The number of fused-ring (bicyclic) bond motifs is 4. The van der Waals surface area contributed by atoms with E-state index in [0.29, 0.717) is 12.5 Å². The maximum Gasteiger partial charge on any atom is 0.276 e. The van der Waals surface area contributed by atoms with Gasteiger partial charge in [-0.05, 0) is 61.3 Å². The molecule has 180 valence electrons. The van der Waals surface area contributed by atoms with Gasteiger partial charge in [0.15, 0.2) is 0 Å². The normalized spacial score (nSPS) is 26.8. The van der Waals surface area contributed by atoms with E-state index in [1.807, 2.05) is 6.07 Å². The minimum atomic E-state index is -3.55. The Bertz CT molecular complexity index is 1030. The molecule has 4 rings (SSSR count). The molecule has 0 radical (unpaired) electrons. The van der Waals surface area contributed by atoms with E-state index in [4.69, 9.17) is 4.74 Å². The fourth-order valence-corrected chi connectivity index (χ4v) is 7.89. The second-order valence-electron chi connectivity index (χ2n) is 8.91. The van der Waals surface area contributed by atoms with Gasteiger partial charge in [0.1, 0.15) is 5.75 Å². The third-order valence-electron chi connectivity index (χ3n) is 7.12. The first-order valence-electron chi connectivity index (χ1n) is 11.3. The molecule has 0 saturated carbocycles. The van der Waals surface area contributed by atoms with Gasteiger partial charge in [-0.25, -0.2) is 17.9 Å². The van der Waals surface area contributed by atoms with Crippen molar-refractivity contribution in [1.29, 1.82) is 0 Å². The summed E-state index contributed by atoms with van der Waals surface area (Å²) in [6.45, 7) is 2.56. The largest absolute Gasteiger partial charge is 0.497 e. The van der Waals surface area contributed by atoms with Gasteiger partial charge in [-0.15, -0.1) is 0 Å². The van der Waals surface area contributed by atoms with E-state index < -0.39 is 20.2 Å². The standard InChI is InChI=1S/C21H34N4O5S2/c1-22-32(28,29)23-9-4-12-31(26,27)25-10-3-5-17-15-24-11-8-16-13-18(30-2)6-7-19(16)21(24)14-20(17)25/h6-7,13,17,20-23H,3-5,8-12,14-15H2,1-2H3/t17-,20+,21+/m1/s1. The van der Waals surface area contributed by atoms with Gasteiger partial charge in [-0.1, -0.05) is 6.07 Å². The molecule has 0 bridgehead atoms. The third kappa shape index (κ3) is 4.97. The van der Waals surface area contributed by atoms with Crippen molar-refractivity contribution in [1.82, 2.24) is 18.6 Å². The molecule has 0 unspecified atom stereocenters. The highest BCUT2D eigenvalue weighted by molar-refractivity contribution is 7.89. The van der Waals surface area contributed by atoms with Gasteiger partial charge in [-0.2, -0.15) is 12.7 Å². The summed E-state index contributed by atoms with van der Waals surface area (Å²) in [5.74, 6) is 1.16. The van der Waals surface area contributed by atoms with Crippen LogP contribution in [-0.4, -0.2) is 78.2 Å². The number of sulfonamides is 1. The average molecular weight is 487 g/mol. The Balaban J connectivity index is 1.47. The SMILES string of the molecule is CNS(=O)(=O)NCCCS(=O)(=O)N1CCC[C@@H]2CN3CCc4cc(OC)ccc4[C@@H]3C[C@@H]21. The van der Waals surface area contributed by atoms with Gasteiger partial charge >= 0.3 is 0 Å². The molecule has 2 saturated heterocycles. The Morgan fingerprint density at radius 2 is 2.00 bits per heavy atom. The molecular formula is C21H34N4O5S2. The second-order valence-corrected chi connectivity index (χ2v) is 12.7. The molecule has 11 heteroatoms. The zero-order valence-corrected chi connectivity index (χ0v) is 20.4. The van der Waals surface area contributed by atoms with Crippen molar-refractivity contribution >= 4 is 20.2 Å². The van der Waals surface area contributed by atoms with Gasteiger partial charge < -0.3 is 4.74 Å². The number of piperidine rings is 2. The smallest absolute Gasteiger partial charge is 0.276 e. The molecule has 0 aromatic heterocycles. The summed E-state index contributed by atoms with van der Waals surface area (Å²) in [5.41, 5.74) is 2.59. The molecule has 32 heavy (non-hydrogen) atoms. The molecule has 3 atom stereocenters. The highest BCUT2D eigenvalue weighted by Crippen LogP contribution is 2.44. The fraction of sp³-hybridized carbons (Fsp3) is 0.714. The lowest BCUT2D eigenvalue weighted by atomic mass is 9.77. The molecule has 0 spiro atoms. The van der Waals surface area contributed by atoms with Crippen LogP contribution >= 0.6 is 0 Å². The van der Waals surface area contributed by atoms with Crippen LogP contribution in [0.5, 0.6) is 5.75 Å². The van der Waals surface area contributed by atoms with E-state index in [9.17, 15) is 16.8 Å². The van der Waals surface area contributed by atoms with Crippen molar-refractivity contribution in [3.05, 3.63) is 29.3 Å². The summed E-state index contributed by atoms with van der Waals surface area (Å²) in [6.07, 6.45) is 3.96. The molecule has 2 fully saturated rings. The first-order valence-corrected chi connectivity index (χ1v) is 14.4. The lowest BCUT2D eigenvalue weighted by Crippen LogP contribution is -2.57. The fourth-order valence-electron chi connectivity index (χ4n) is 5.51. The first-order chi connectivity index (χ1) is 15.2. The quantitative estimate of drug-likeness (QED) is 0.528. The summed E-state index contributed by atoms with van der Waals surface area (Å²) in [7, 11) is -4.02. The number of ether oxygens (including phenoxy) is 1. The van der Waals surface area contributed by atoms with Crippen molar-refractivity contribution in [2.75, 3.05) is 46.1 Å². The number of rotatable bonds is 8. The van der Waals surface area contributed by atoms with Gasteiger partial charge in [0, 0.05) is 45.3 Å². The van der Waals surface area contributed by atoms with Crippen LogP contribution in [-0.2, 0) is 26.7 Å². The number of hydrogen-bond donors (Lipinski definition) is 2. The maximum absolute atomic E-state index is 13.2. The zero-order valence-electron chi connectivity index (χ0n) is 18.8. The highest BCUT2D eigenvalue weighted by atomic mass is 32.2. The van der Waals surface area contributed by atoms with Crippen LogP contribution in [0.15, 0.2) is 18.2 Å². The van der Waals surface area contributed by atoms with Crippen LogP contribution < -0.4 is 14.2 Å². The van der Waals surface area contributed by atoms with Crippen molar-refractivity contribution in [2.45, 2.75) is 44.2 Å². The van der Waals surface area contributed by atoms with Gasteiger partial charge in [0.2, 0.25) is 10.0 Å². The number of nitrogens with zero attached hydrogens (tertiary/aromatic N) is 2. The lowest BCUT2D eigenvalue weighted by Gasteiger charge is -2.51. The Hall–Kier alpha value is -1.24. The Labute approximate surface area is 191 Å². The summed E-state index contributed by atoms with van der Waals surface area (Å²) in [4.78, 5) is 2.53. The topological polar surface area (TPSA) is 108 Å². The van der Waals surface area contributed by atoms with Crippen LogP contribution in [0.3, 0.4) is 0 Å². The molecule has 1 aromatic carbocycles. The van der Waals surface area contributed by atoms with E-state index in [-0.39, 0.29) is 30.8 Å². The Morgan fingerprint density at radius 3 is 2.75 bits per heavy atom. The Morgan fingerprint density at radius 1 is 1.19 bits per heavy atom.